The number of amides is 1. The zero-order chi connectivity index (χ0) is 20.2. The predicted octanol–water partition coefficient (Wildman–Crippen LogP) is 4.37. The standard InChI is InChI=1S/C24H30ClN3O/c1-27-14-11-19(12-15-27)24(29)28-13-3-4-20(17-28)23-6-2-5-22(26-23)16-18-7-9-21(25)10-8-18/h2,5-10,19-20H,3-4,11-17H2,1H3/t20-/m0/s1. The van der Waals surface area contributed by atoms with Crippen LogP contribution in [-0.2, 0) is 11.2 Å². The van der Waals surface area contributed by atoms with Gasteiger partial charge in [-0.3, -0.25) is 9.78 Å². The lowest BCUT2D eigenvalue weighted by Gasteiger charge is -2.37. The van der Waals surface area contributed by atoms with E-state index in [1.54, 1.807) is 0 Å². The number of pyridine rings is 1. The molecule has 154 valence electrons. The van der Waals surface area contributed by atoms with Crippen LogP contribution >= 0.6 is 11.6 Å². The second kappa shape index (κ2) is 9.27. The molecule has 3 heterocycles. The first-order valence-electron chi connectivity index (χ1n) is 10.8. The van der Waals surface area contributed by atoms with Gasteiger partial charge >= 0.3 is 0 Å². The number of halogens is 1. The Morgan fingerprint density at radius 1 is 1.07 bits per heavy atom. The summed E-state index contributed by atoms with van der Waals surface area (Å²) in [6.07, 6.45) is 4.95. The molecular weight excluding hydrogens is 382 g/mol. The molecule has 0 aliphatic carbocycles. The van der Waals surface area contributed by atoms with Gasteiger partial charge in [-0.25, -0.2) is 0 Å². The van der Waals surface area contributed by atoms with Crippen molar-refractivity contribution in [3.05, 3.63) is 64.4 Å². The summed E-state index contributed by atoms with van der Waals surface area (Å²) in [5.74, 6) is 0.901. The van der Waals surface area contributed by atoms with Gasteiger partial charge in [-0.05, 0) is 75.6 Å². The monoisotopic (exact) mass is 411 g/mol. The quantitative estimate of drug-likeness (QED) is 0.749. The van der Waals surface area contributed by atoms with Crippen molar-refractivity contribution < 1.29 is 4.79 Å². The second-order valence-electron chi connectivity index (χ2n) is 8.56. The van der Waals surface area contributed by atoms with Gasteiger partial charge in [0.15, 0.2) is 0 Å². The number of hydrogen-bond acceptors (Lipinski definition) is 3. The molecule has 1 amide bonds. The SMILES string of the molecule is CN1CCC(C(=O)N2CCC[C@H](c3cccc(Cc4ccc(Cl)cc4)n3)C2)CC1. The Kier molecular flexibility index (Phi) is 6.51. The number of benzene rings is 1. The number of piperidine rings is 2. The van der Waals surface area contributed by atoms with Crippen LogP contribution < -0.4 is 0 Å². The molecule has 4 nitrogen and oxygen atoms in total. The van der Waals surface area contributed by atoms with Gasteiger partial charge in [0.05, 0.1) is 0 Å². The number of rotatable bonds is 4. The number of nitrogens with zero attached hydrogens (tertiary/aromatic N) is 3. The molecule has 2 fully saturated rings. The van der Waals surface area contributed by atoms with Crippen LogP contribution in [0, 0.1) is 5.92 Å². The molecule has 0 N–H and O–H groups in total. The summed E-state index contributed by atoms with van der Waals surface area (Å²) in [5.41, 5.74) is 3.41. The molecule has 2 aliphatic rings. The van der Waals surface area contributed by atoms with E-state index in [1.165, 1.54) is 5.56 Å². The fourth-order valence-electron chi connectivity index (χ4n) is 4.57. The molecule has 2 aromatic rings. The van der Waals surface area contributed by atoms with E-state index in [-0.39, 0.29) is 5.92 Å². The molecule has 0 unspecified atom stereocenters. The summed E-state index contributed by atoms with van der Waals surface area (Å²) in [6, 6.07) is 14.3. The van der Waals surface area contributed by atoms with Crippen LogP contribution in [-0.4, -0.2) is 53.9 Å². The fourth-order valence-corrected chi connectivity index (χ4v) is 4.69. The molecule has 5 heteroatoms. The summed E-state index contributed by atoms with van der Waals surface area (Å²) >= 11 is 5.99. The highest BCUT2D eigenvalue weighted by Gasteiger charge is 2.31. The van der Waals surface area contributed by atoms with E-state index in [4.69, 9.17) is 16.6 Å². The molecule has 4 rings (SSSR count). The van der Waals surface area contributed by atoms with E-state index in [0.717, 1.165) is 74.7 Å². The number of carbonyl (C=O) groups is 1. The third-order valence-corrected chi connectivity index (χ3v) is 6.60. The average Bonchev–Trinajstić information content (AvgIpc) is 2.76. The van der Waals surface area contributed by atoms with Gasteiger partial charge in [-0.2, -0.15) is 0 Å². The van der Waals surface area contributed by atoms with Crippen molar-refractivity contribution in [2.24, 2.45) is 5.92 Å². The molecule has 0 radical (unpaired) electrons. The highest BCUT2D eigenvalue weighted by molar-refractivity contribution is 6.30. The normalized spacial score (nSPS) is 21.3. The molecule has 1 aromatic heterocycles. The Bertz CT molecular complexity index is 830. The minimum absolute atomic E-state index is 0.203. The van der Waals surface area contributed by atoms with Crippen molar-refractivity contribution in [3.8, 4) is 0 Å². The first-order valence-corrected chi connectivity index (χ1v) is 11.1. The van der Waals surface area contributed by atoms with Crippen molar-refractivity contribution in [1.29, 1.82) is 0 Å². The van der Waals surface area contributed by atoms with E-state index < -0.39 is 0 Å². The van der Waals surface area contributed by atoms with E-state index in [1.807, 2.05) is 12.1 Å². The van der Waals surface area contributed by atoms with Gasteiger partial charge < -0.3 is 9.80 Å². The lowest BCUT2D eigenvalue weighted by atomic mass is 9.90. The molecule has 29 heavy (non-hydrogen) atoms. The van der Waals surface area contributed by atoms with Gasteiger partial charge in [0.1, 0.15) is 0 Å². The molecule has 2 aliphatic heterocycles. The van der Waals surface area contributed by atoms with Crippen LogP contribution in [0.3, 0.4) is 0 Å². The maximum Gasteiger partial charge on any atom is 0.225 e. The van der Waals surface area contributed by atoms with E-state index >= 15 is 0 Å². The summed E-state index contributed by atoms with van der Waals surface area (Å²) < 4.78 is 0. The minimum Gasteiger partial charge on any atom is -0.342 e. The maximum absolute atomic E-state index is 13.0. The van der Waals surface area contributed by atoms with Crippen LogP contribution in [0.5, 0.6) is 0 Å². The second-order valence-corrected chi connectivity index (χ2v) is 8.99. The van der Waals surface area contributed by atoms with Gasteiger partial charge in [0.2, 0.25) is 5.91 Å². The Morgan fingerprint density at radius 3 is 2.59 bits per heavy atom. The number of likely N-dealkylation sites (tertiary alicyclic amines) is 2. The van der Waals surface area contributed by atoms with Crippen LogP contribution in [0.4, 0.5) is 0 Å². The Morgan fingerprint density at radius 2 is 1.83 bits per heavy atom. The van der Waals surface area contributed by atoms with Gasteiger partial charge in [-0.1, -0.05) is 29.8 Å². The highest BCUT2D eigenvalue weighted by atomic mass is 35.5. The fraction of sp³-hybridized carbons (Fsp3) is 0.500. The molecule has 0 saturated carbocycles. The predicted molar refractivity (Wildman–Crippen MR) is 117 cm³/mol. The highest BCUT2D eigenvalue weighted by Crippen LogP contribution is 2.28. The lowest BCUT2D eigenvalue weighted by Crippen LogP contribution is -2.45. The smallest absolute Gasteiger partial charge is 0.225 e. The van der Waals surface area contributed by atoms with Crippen molar-refractivity contribution in [2.75, 3.05) is 33.2 Å². The van der Waals surface area contributed by atoms with Crippen LogP contribution in [0.15, 0.2) is 42.5 Å². The summed E-state index contributed by atoms with van der Waals surface area (Å²) in [7, 11) is 2.14. The molecule has 1 aromatic carbocycles. The van der Waals surface area contributed by atoms with Crippen molar-refractivity contribution >= 4 is 17.5 Å². The van der Waals surface area contributed by atoms with Crippen molar-refractivity contribution in [2.45, 2.75) is 38.0 Å². The van der Waals surface area contributed by atoms with E-state index in [9.17, 15) is 4.79 Å². The summed E-state index contributed by atoms with van der Waals surface area (Å²) in [4.78, 5) is 22.4. The first kappa shape index (κ1) is 20.4. The minimum atomic E-state index is 0.203. The van der Waals surface area contributed by atoms with E-state index in [0.29, 0.717) is 11.8 Å². The topological polar surface area (TPSA) is 36.4 Å². The summed E-state index contributed by atoms with van der Waals surface area (Å²) in [6.45, 7) is 3.76. The van der Waals surface area contributed by atoms with Crippen molar-refractivity contribution in [3.63, 3.8) is 0 Å². The zero-order valence-electron chi connectivity index (χ0n) is 17.2. The largest absolute Gasteiger partial charge is 0.342 e. The first-order chi connectivity index (χ1) is 14.1. The molecular formula is C24H30ClN3O. The van der Waals surface area contributed by atoms with Gasteiger partial charge in [0, 0.05) is 47.8 Å². The van der Waals surface area contributed by atoms with Crippen LogP contribution in [0.25, 0.3) is 0 Å². The Labute approximate surface area is 178 Å². The Balaban J connectivity index is 1.41. The average molecular weight is 412 g/mol. The molecule has 0 bridgehead atoms. The maximum atomic E-state index is 13.0. The van der Waals surface area contributed by atoms with Gasteiger partial charge in [0.25, 0.3) is 0 Å². The van der Waals surface area contributed by atoms with E-state index in [2.05, 4.69) is 47.2 Å². The summed E-state index contributed by atoms with van der Waals surface area (Å²) in [5, 5.41) is 0.757. The number of aromatic nitrogens is 1. The Hall–Kier alpha value is -1.91. The lowest BCUT2D eigenvalue weighted by molar-refractivity contribution is -0.138. The third kappa shape index (κ3) is 5.18. The molecule has 0 spiro atoms. The number of carbonyl (C=O) groups excluding carboxylic acids is 1. The van der Waals surface area contributed by atoms with Crippen LogP contribution in [0.2, 0.25) is 5.02 Å². The zero-order valence-corrected chi connectivity index (χ0v) is 17.9. The van der Waals surface area contributed by atoms with Gasteiger partial charge in [-0.15, -0.1) is 0 Å². The molecule has 1 atom stereocenters. The van der Waals surface area contributed by atoms with Crippen molar-refractivity contribution in [1.82, 2.24) is 14.8 Å². The number of hydrogen-bond donors (Lipinski definition) is 0. The third-order valence-electron chi connectivity index (χ3n) is 6.35. The van der Waals surface area contributed by atoms with Crippen LogP contribution in [0.1, 0.15) is 48.6 Å². The molecule has 2 saturated heterocycles.